The molecule has 0 atom stereocenters. The molecule has 0 aliphatic heterocycles. The van der Waals surface area contributed by atoms with Crippen molar-refractivity contribution < 1.29 is 29.3 Å². The Hall–Kier alpha value is -5.66. The molecule has 39 heavy (non-hydrogen) atoms. The summed E-state index contributed by atoms with van der Waals surface area (Å²) in [6.07, 6.45) is 0. The Morgan fingerprint density at radius 1 is 0.641 bits per heavy atom. The average molecular weight is 518 g/mol. The monoisotopic (exact) mass is 517 g/mol. The lowest BCUT2D eigenvalue weighted by Gasteiger charge is -2.10. The molecular weight excluding hydrogens is 494 g/mol. The third-order valence-electron chi connectivity index (χ3n) is 5.47. The van der Waals surface area contributed by atoms with Gasteiger partial charge in [-0.2, -0.15) is 0 Å². The van der Waals surface area contributed by atoms with E-state index in [9.17, 15) is 14.7 Å². The van der Waals surface area contributed by atoms with Gasteiger partial charge in [0, 0.05) is 5.69 Å². The first-order chi connectivity index (χ1) is 19.0. The van der Waals surface area contributed by atoms with Gasteiger partial charge in [0.05, 0.1) is 16.8 Å². The fourth-order valence-corrected chi connectivity index (χ4v) is 3.52. The van der Waals surface area contributed by atoms with Gasteiger partial charge in [0.1, 0.15) is 24.7 Å². The summed E-state index contributed by atoms with van der Waals surface area (Å²) >= 11 is 0. The van der Waals surface area contributed by atoms with E-state index in [-0.39, 0.29) is 24.3 Å². The predicted octanol–water partition coefficient (Wildman–Crippen LogP) is 5.96. The molecule has 0 heterocycles. The zero-order valence-electron chi connectivity index (χ0n) is 20.7. The first-order valence-corrected chi connectivity index (χ1v) is 11.8. The van der Waals surface area contributed by atoms with E-state index in [1.54, 1.807) is 72.8 Å². The number of carboxylic acid groups (broad SMARTS) is 2. The average Bonchev–Trinajstić information content (AvgIpc) is 2.96. The molecule has 0 saturated carbocycles. The number of rotatable bonds is 9. The second-order valence-electron chi connectivity index (χ2n) is 8.09. The first kappa shape index (κ1) is 26.4. The summed E-state index contributed by atoms with van der Waals surface area (Å²) < 4.78 is 11.2. The summed E-state index contributed by atoms with van der Waals surface area (Å²) in [4.78, 5) is 22.3. The van der Waals surface area contributed by atoms with Crippen molar-refractivity contribution in [1.82, 2.24) is 0 Å². The number of hydrogen-bond acceptors (Lipinski definition) is 5. The smallest absolute Gasteiger partial charge is 0.337 e. The summed E-state index contributed by atoms with van der Waals surface area (Å²) in [5.41, 5.74) is 3.55. The SMILES string of the molecule is O=C(O)c1ccc(-c2ccc(OCC#CC#CCOc3ccc(Nc4ccccc4C(=O)O)cc3)cc2)cc1. The third kappa shape index (κ3) is 7.66. The number of hydrogen-bond donors (Lipinski definition) is 3. The summed E-state index contributed by atoms with van der Waals surface area (Å²) in [6.45, 7) is 0.348. The van der Waals surface area contributed by atoms with Gasteiger partial charge in [-0.05, 0) is 95.5 Å². The van der Waals surface area contributed by atoms with Crippen molar-refractivity contribution in [3.05, 3.63) is 108 Å². The van der Waals surface area contributed by atoms with Crippen LogP contribution < -0.4 is 14.8 Å². The number of nitrogens with one attached hydrogen (secondary N) is 1. The summed E-state index contributed by atoms with van der Waals surface area (Å²) in [6, 6.07) is 27.9. The summed E-state index contributed by atoms with van der Waals surface area (Å²) in [5, 5.41) is 21.4. The fourth-order valence-electron chi connectivity index (χ4n) is 3.52. The van der Waals surface area contributed by atoms with Crippen molar-refractivity contribution in [1.29, 1.82) is 0 Å². The zero-order valence-corrected chi connectivity index (χ0v) is 20.7. The Bertz CT molecular complexity index is 1570. The highest BCUT2D eigenvalue weighted by atomic mass is 16.5. The number of carboxylic acids is 2. The highest BCUT2D eigenvalue weighted by Gasteiger charge is 2.09. The molecule has 0 amide bonds. The van der Waals surface area contributed by atoms with Crippen molar-refractivity contribution >= 4 is 23.3 Å². The number of aromatic carboxylic acids is 2. The Morgan fingerprint density at radius 3 is 1.69 bits per heavy atom. The number of carbonyl (C=O) groups is 2. The van der Waals surface area contributed by atoms with Crippen molar-refractivity contribution in [3.63, 3.8) is 0 Å². The minimum atomic E-state index is -0.996. The van der Waals surface area contributed by atoms with E-state index in [1.165, 1.54) is 0 Å². The molecule has 0 bridgehead atoms. The van der Waals surface area contributed by atoms with E-state index < -0.39 is 11.9 Å². The maximum atomic E-state index is 11.3. The maximum Gasteiger partial charge on any atom is 0.337 e. The van der Waals surface area contributed by atoms with Crippen LogP contribution in [0.2, 0.25) is 0 Å². The lowest BCUT2D eigenvalue weighted by Crippen LogP contribution is -2.02. The minimum Gasteiger partial charge on any atom is -0.481 e. The molecule has 192 valence electrons. The largest absolute Gasteiger partial charge is 0.481 e. The van der Waals surface area contributed by atoms with E-state index in [1.807, 2.05) is 24.3 Å². The molecule has 0 aliphatic carbocycles. The van der Waals surface area contributed by atoms with Crippen molar-refractivity contribution in [2.24, 2.45) is 0 Å². The molecule has 0 spiro atoms. The van der Waals surface area contributed by atoms with Crippen LogP contribution in [0, 0.1) is 23.7 Å². The highest BCUT2D eigenvalue weighted by Crippen LogP contribution is 2.24. The van der Waals surface area contributed by atoms with Gasteiger partial charge in [-0.3, -0.25) is 0 Å². The van der Waals surface area contributed by atoms with Gasteiger partial charge < -0.3 is 25.0 Å². The van der Waals surface area contributed by atoms with Gasteiger partial charge in [-0.15, -0.1) is 0 Å². The highest BCUT2D eigenvalue weighted by molar-refractivity contribution is 5.95. The molecule has 7 nitrogen and oxygen atoms in total. The second kappa shape index (κ2) is 13.0. The zero-order chi connectivity index (χ0) is 27.5. The number of anilines is 2. The molecule has 0 saturated heterocycles. The van der Waals surface area contributed by atoms with Crippen LogP contribution in [0.5, 0.6) is 11.5 Å². The Morgan fingerprint density at radius 2 is 1.15 bits per heavy atom. The van der Waals surface area contributed by atoms with Crippen LogP contribution in [-0.4, -0.2) is 35.4 Å². The maximum absolute atomic E-state index is 11.3. The van der Waals surface area contributed by atoms with Crippen LogP contribution in [0.3, 0.4) is 0 Å². The van der Waals surface area contributed by atoms with E-state index in [4.69, 9.17) is 14.6 Å². The molecular formula is C32H23NO6. The van der Waals surface area contributed by atoms with Crippen LogP contribution in [0.25, 0.3) is 11.1 Å². The molecule has 4 aromatic rings. The van der Waals surface area contributed by atoms with Gasteiger partial charge in [0.25, 0.3) is 0 Å². The first-order valence-electron chi connectivity index (χ1n) is 11.8. The van der Waals surface area contributed by atoms with Crippen molar-refractivity contribution in [2.45, 2.75) is 0 Å². The van der Waals surface area contributed by atoms with Crippen molar-refractivity contribution in [3.8, 4) is 46.3 Å². The fraction of sp³-hybridized carbons (Fsp3) is 0.0625. The molecule has 3 N–H and O–H groups in total. The second-order valence-corrected chi connectivity index (χ2v) is 8.09. The molecule has 0 radical (unpaired) electrons. The molecule has 0 aliphatic rings. The summed E-state index contributed by atoms with van der Waals surface area (Å²) in [7, 11) is 0. The van der Waals surface area contributed by atoms with E-state index in [2.05, 4.69) is 29.0 Å². The van der Waals surface area contributed by atoms with Crippen LogP contribution in [0.1, 0.15) is 20.7 Å². The van der Waals surface area contributed by atoms with E-state index in [0.29, 0.717) is 17.2 Å². The Kier molecular flexibility index (Phi) is 8.83. The van der Waals surface area contributed by atoms with E-state index in [0.717, 1.165) is 16.8 Å². The van der Waals surface area contributed by atoms with Gasteiger partial charge in [0.15, 0.2) is 0 Å². The van der Waals surface area contributed by atoms with Gasteiger partial charge >= 0.3 is 11.9 Å². The predicted molar refractivity (Wildman–Crippen MR) is 149 cm³/mol. The Labute approximate surface area is 225 Å². The van der Waals surface area contributed by atoms with Crippen LogP contribution in [-0.2, 0) is 0 Å². The van der Waals surface area contributed by atoms with Crippen LogP contribution >= 0.6 is 0 Å². The lowest BCUT2D eigenvalue weighted by atomic mass is 10.0. The third-order valence-corrected chi connectivity index (χ3v) is 5.47. The molecule has 0 fully saturated rings. The number of benzene rings is 4. The van der Waals surface area contributed by atoms with Crippen molar-refractivity contribution in [2.75, 3.05) is 18.5 Å². The number of para-hydroxylation sites is 1. The van der Waals surface area contributed by atoms with Crippen LogP contribution in [0.15, 0.2) is 97.1 Å². The summed E-state index contributed by atoms with van der Waals surface area (Å²) in [5.74, 6) is 10.4. The quantitative estimate of drug-likeness (QED) is 0.235. The van der Waals surface area contributed by atoms with Gasteiger partial charge in [-0.25, -0.2) is 9.59 Å². The number of ether oxygens (including phenoxy) is 2. The molecule has 7 heteroatoms. The van der Waals surface area contributed by atoms with Gasteiger partial charge in [-0.1, -0.05) is 36.4 Å². The molecule has 0 unspecified atom stereocenters. The van der Waals surface area contributed by atoms with E-state index >= 15 is 0 Å². The molecule has 4 aromatic carbocycles. The Balaban J connectivity index is 1.19. The lowest BCUT2D eigenvalue weighted by molar-refractivity contribution is 0.0686. The standard InChI is InChI=1S/C32H23NO6/c34-31(35)25-11-9-23(10-12-25)24-13-17-27(18-14-24)38-21-5-1-2-6-22-39-28-19-15-26(16-20-28)33-30-8-4-3-7-29(30)32(36)37/h3-4,7-20,33H,21-22H2,(H,34,35)(H,36,37). The molecule has 4 rings (SSSR count). The topological polar surface area (TPSA) is 105 Å². The minimum absolute atomic E-state index is 0.166. The van der Waals surface area contributed by atoms with Crippen LogP contribution in [0.4, 0.5) is 11.4 Å². The molecule has 0 aromatic heterocycles. The normalized spacial score (nSPS) is 9.74. The van der Waals surface area contributed by atoms with Gasteiger partial charge in [0.2, 0.25) is 0 Å².